The molecule has 3 rings (SSSR count). The molecule has 3 aromatic rings. The summed E-state index contributed by atoms with van der Waals surface area (Å²) in [6.07, 6.45) is 0.128. The molecule has 4 nitrogen and oxygen atoms in total. The summed E-state index contributed by atoms with van der Waals surface area (Å²) in [6.45, 7) is 2.00. The van der Waals surface area contributed by atoms with Crippen molar-refractivity contribution in [1.29, 1.82) is 0 Å². The van der Waals surface area contributed by atoms with Gasteiger partial charge in [-0.05, 0) is 47.9 Å². The Labute approximate surface area is 159 Å². The molecular formula is C23H23NO3. The molecule has 27 heavy (non-hydrogen) atoms. The molecule has 1 atom stereocenters. The van der Waals surface area contributed by atoms with Gasteiger partial charge in [-0.1, -0.05) is 65.3 Å². The van der Waals surface area contributed by atoms with Crippen molar-refractivity contribution in [1.82, 2.24) is 0 Å². The van der Waals surface area contributed by atoms with Crippen molar-refractivity contribution in [2.24, 2.45) is 5.16 Å². The maximum absolute atomic E-state index is 11.7. The highest BCUT2D eigenvalue weighted by molar-refractivity contribution is 6.01. The number of rotatable bonds is 6. The molecule has 138 valence electrons. The van der Waals surface area contributed by atoms with E-state index in [1.54, 1.807) is 19.2 Å². The van der Waals surface area contributed by atoms with Crippen LogP contribution in [0.25, 0.3) is 0 Å². The van der Waals surface area contributed by atoms with Crippen LogP contribution in [0.5, 0.6) is 5.75 Å². The molecule has 0 amide bonds. The van der Waals surface area contributed by atoms with Gasteiger partial charge in [-0.15, -0.1) is 0 Å². The molecule has 0 aliphatic carbocycles. The number of aliphatic hydroxyl groups is 1. The minimum atomic E-state index is -1.32. The Morgan fingerprint density at radius 1 is 0.889 bits per heavy atom. The van der Waals surface area contributed by atoms with Crippen LogP contribution in [0.2, 0.25) is 0 Å². The first-order valence-corrected chi connectivity index (χ1v) is 8.77. The minimum absolute atomic E-state index is 0.128. The minimum Gasteiger partial charge on any atom is -0.497 e. The molecule has 0 aromatic heterocycles. The summed E-state index contributed by atoms with van der Waals surface area (Å²) < 4.78 is 5.18. The number of ether oxygens (including phenoxy) is 1. The normalized spacial score (nSPS) is 13.8. The third-order valence-electron chi connectivity index (χ3n) is 4.75. The fourth-order valence-electron chi connectivity index (χ4n) is 3.13. The highest BCUT2D eigenvalue weighted by atomic mass is 16.5. The second-order valence-corrected chi connectivity index (χ2v) is 6.54. The molecule has 0 heterocycles. The van der Waals surface area contributed by atoms with Gasteiger partial charge in [0.1, 0.15) is 11.4 Å². The van der Waals surface area contributed by atoms with Gasteiger partial charge in [-0.3, -0.25) is 0 Å². The Kier molecular flexibility index (Phi) is 5.57. The number of hydrogen-bond acceptors (Lipinski definition) is 4. The predicted molar refractivity (Wildman–Crippen MR) is 107 cm³/mol. The molecule has 0 spiro atoms. The number of benzene rings is 3. The van der Waals surface area contributed by atoms with E-state index in [2.05, 4.69) is 5.16 Å². The van der Waals surface area contributed by atoms with Crippen LogP contribution in [0.3, 0.4) is 0 Å². The summed E-state index contributed by atoms with van der Waals surface area (Å²) >= 11 is 0. The van der Waals surface area contributed by atoms with Gasteiger partial charge in [0.15, 0.2) is 0 Å². The van der Waals surface area contributed by atoms with Crippen LogP contribution in [0.4, 0.5) is 0 Å². The molecule has 0 saturated heterocycles. The van der Waals surface area contributed by atoms with Crippen LogP contribution in [0, 0.1) is 6.92 Å². The Morgan fingerprint density at radius 2 is 1.48 bits per heavy atom. The zero-order chi connectivity index (χ0) is 19.3. The maximum Gasteiger partial charge on any atom is 0.120 e. The van der Waals surface area contributed by atoms with Crippen molar-refractivity contribution in [3.05, 3.63) is 101 Å². The van der Waals surface area contributed by atoms with Gasteiger partial charge in [0.05, 0.1) is 12.8 Å². The monoisotopic (exact) mass is 361 g/mol. The maximum atomic E-state index is 11.7. The van der Waals surface area contributed by atoms with Crippen LogP contribution >= 0.6 is 0 Å². The first kappa shape index (κ1) is 18.7. The van der Waals surface area contributed by atoms with Crippen molar-refractivity contribution in [2.45, 2.75) is 18.9 Å². The highest BCUT2D eigenvalue weighted by Crippen LogP contribution is 2.34. The van der Waals surface area contributed by atoms with E-state index in [0.29, 0.717) is 11.5 Å². The Bertz CT molecular complexity index is 903. The molecule has 0 fully saturated rings. The van der Waals surface area contributed by atoms with Gasteiger partial charge in [-0.25, -0.2) is 0 Å². The van der Waals surface area contributed by atoms with Crippen LogP contribution < -0.4 is 4.74 Å². The molecule has 2 N–H and O–H groups in total. The van der Waals surface area contributed by atoms with E-state index in [1.807, 2.05) is 73.7 Å². The fraction of sp³-hybridized carbons (Fsp3) is 0.174. The average Bonchev–Trinajstić information content (AvgIpc) is 2.73. The molecular weight excluding hydrogens is 338 g/mol. The lowest BCUT2D eigenvalue weighted by Crippen LogP contribution is -2.31. The lowest BCUT2D eigenvalue weighted by Gasteiger charge is -2.30. The van der Waals surface area contributed by atoms with Crippen LogP contribution in [0.15, 0.2) is 84.0 Å². The quantitative estimate of drug-likeness (QED) is 0.386. The van der Waals surface area contributed by atoms with E-state index >= 15 is 0 Å². The molecule has 0 aliphatic rings. The van der Waals surface area contributed by atoms with E-state index in [-0.39, 0.29) is 6.42 Å². The topological polar surface area (TPSA) is 62.0 Å². The second-order valence-electron chi connectivity index (χ2n) is 6.54. The fourth-order valence-corrected chi connectivity index (χ4v) is 3.13. The summed E-state index contributed by atoms with van der Waals surface area (Å²) in [6, 6.07) is 24.4. The highest BCUT2D eigenvalue weighted by Gasteiger charge is 2.33. The van der Waals surface area contributed by atoms with Gasteiger partial charge in [-0.2, -0.15) is 0 Å². The SMILES string of the molecule is COc1ccc(/C(CC(O)(c2ccccc2)c2ccc(C)cc2)=N\O)cc1. The first-order valence-electron chi connectivity index (χ1n) is 8.77. The number of oxime groups is 1. The number of methoxy groups -OCH3 is 1. The number of aryl methyl sites for hydroxylation is 1. The Morgan fingerprint density at radius 3 is 2.04 bits per heavy atom. The lowest BCUT2D eigenvalue weighted by molar-refractivity contribution is 0.0881. The van der Waals surface area contributed by atoms with Gasteiger partial charge >= 0.3 is 0 Å². The molecule has 1 unspecified atom stereocenters. The van der Waals surface area contributed by atoms with E-state index in [1.165, 1.54) is 0 Å². The lowest BCUT2D eigenvalue weighted by atomic mass is 9.80. The number of nitrogens with zero attached hydrogens (tertiary/aromatic N) is 1. The van der Waals surface area contributed by atoms with Gasteiger partial charge in [0, 0.05) is 6.42 Å². The molecule has 0 saturated carbocycles. The van der Waals surface area contributed by atoms with Crippen molar-refractivity contribution in [3.63, 3.8) is 0 Å². The van der Waals surface area contributed by atoms with E-state index in [9.17, 15) is 10.3 Å². The Balaban J connectivity index is 2.03. The molecule has 0 aliphatic heterocycles. The summed E-state index contributed by atoms with van der Waals surface area (Å²) in [5.41, 5.74) is 2.39. The van der Waals surface area contributed by atoms with Gasteiger partial charge in [0.2, 0.25) is 0 Å². The Hall–Kier alpha value is -3.11. The molecule has 4 heteroatoms. The smallest absolute Gasteiger partial charge is 0.120 e. The predicted octanol–water partition coefficient (Wildman–Crippen LogP) is 4.51. The van der Waals surface area contributed by atoms with Crippen molar-refractivity contribution in [2.75, 3.05) is 7.11 Å². The van der Waals surface area contributed by atoms with Gasteiger partial charge < -0.3 is 15.1 Å². The first-order chi connectivity index (χ1) is 13.1. The number of hydrogen-bond donors (Lipinski definition) is 2. The van der Waals surface area contributed by atoms with Crippen LogP contribution in [-0.2, 0) is 5.60 Å². The average molecular weight is 361 g/mol. The molecule has 0 bridgehead atoms. The summed E-state index contributed by atoms with van der Waals surface area (Å²) in [5, 5.41) is 24.8. The van der Waals surface area contributed by atoms with Crippen molar-refractivity contribution < 1.29 is 15.1 Å². The second kappa shape index (κ2) is 8.06. The molecule has 3 aromatic carbocycles. The summed E-state index contributed by atoms with van der Waals surface area (Å²) in [5.74, 6) is 0.716. The third-order valence-corrected chi connectivity index (χ3v) is 4.75. The zero-order valence-electron chi connectivity index (χ0n) is 15.5. The largest absolute Gasteiger partial charge is 0.497 e. The third kappa shape index (κ3) is 4.01. The standard InChI is InChI=1S/C23H23NO3/c1-17-8-12-20(13-9-17)23(25,19-6-4-3-5-7-19)16-22(24-26)18-10-14-21(27-2)15-11-18/h3-15,25-26H,16H2,1-2H3/b24-22-. The van der Waals surface area contributed by atoms with E-state index in [4.69, 9.17) is 4.74 Å². The zero-order valence-corrected chi connectivity index (χ0v) is 15.5. The summed E-state index contributed by atoms with van der Waals surface area (Å²) in [4.78, 5) is 0. The van der Waals surface area contributed by atoms with Gasteiger partial charge in [0.25, 0.3) is 0 Å². The van der Waals surface area contributed by atoms with E-state index in [0.717, 1.165) is 22.3 Å². The van der Waals surface area contributed by atoms with Crippen molar-refractivity contribution >= 4 is 5.71 Å². The van der Waals surface area contributed by atoms with Crippen LogP contribution in [-0.4, -0.2) is 23.1 Å². The molecule has 0 radical (unpaired) electrons. The summed E-state index contributed by atoms with van der Waals surface area (Å²) in [7, 11) is 1.60. The van der Waals surface area contributed by atoms with E-state index < -0.39 is 5.60 Å². The van der Waals surface area contributed by atoms with Crippen molar-refractivity contribution in [3.8, 4) is 5.75 Å². The van der Waals surface area contributed by atoms with Crippen LogP contribution in [0.1, 0.15) is 28.7 Å².